The number of imide groups is 1. The molecule has 2 aliphatic rings. The zero-order valence-electron chi connectivity index (χ0n) is 13.7. The molecule has 2 aliphatic heterocycles. The van der Waals surface area contributed by atoms with Gasteiger partial charge in [-0.1, -0.05) is 29.8 Å². The van der Waals surface area contributed by atoms with Gasteiger partial charge < -0.3 is 4.90 Å². The second kappa shape index (κ2) is 5.05. The number of piperidine rings is 1. The Labute approximate surface area is 148 Å². The van der Waals surface area contributed by atoms with Crippen molar-refractivity contribution in [2.24, 2.45) is 10.8 Å². The van der Waals surface area contributed by atoms with Crippen molar-refractivity contribution in [1.82, 2.24) is 14.7 Å². The van der Waals surface area contributed by atoms with E-state index in [2.05, 4.69) is 55.4 Å². The summed E-state index contributed by atoms with van der Waals surface area (Å²) in [6, 6.07) is 4.10. The summed E-state index contributed by atoms with van der Waals surface area (Å²) in [5, 5.41) is 2.50. The molecule has 4 heterocycles. The lowest BCUT2D eigenvalue weighted by atomic mass is 9.60. The molecule has 2 fully saturated rings. The molecule has 126 valence electrons. The minimum absolute atomic E-state index is 0.112. The lowest BCUT2D eigenvalue weighted by Crippen LogP contribution is -2.56. The van der Waals surface area contributed by atoms with Crippen LogP contribution in [0.25, 0.3) is 5.52 Å². The monoisotopic (exact) mass is 390 g/mol. The first-order valence-corrected chi connectivity index (χ1v) is 8.83. The van der Waals surface area contributed by atoms with E-state index in [1.54, 1.807) is 6.33 Å². The number of amides is 2. The molecule has 0 radical (unpaired) electrons. The summed E-state index contributed by atoms with van der Waals surface area (Å²) in [6.45, 7) is 5.60. The van der Waals surface area contributed by atoms with E-state index in [-0.39, 0.29) is 17.2 Å². The average Bonchev–Trinajstić information content (AvgIpc) is 3.06. The number of hydrogen-bond acceptors (Lipinski definition) is 4. The molecule has 0 aliphatic carbocycles. The molecule has 0 unspecified atom stereocenters. The van der Waals surface area contributed by atoms with Crippen LogP contribution in [0.2, 0.25) is 0 Å². The normalized spacial score (nSPS) is 26.4. The van der Waals surface area contributed by atoms with Gasteiger partial charge >= 0.3 is 0 Å². The molecule has 0 saturated carbocycles. The van der Waals surface area contributed by atoms with Crippen molar-refractivity contribution in [1.29, 1.82) is 0 Å². The van der Waals surface area contributed by atoms with Gasteiger partial charge in [-0.05, 0) is 24.0 Å². The molecule has 2 saturated heterocycles. The second-order valence-corrected chi connectivity index (χ2v) is 8.33. The van der Waals surface area contributed by atoms with E-state index in [1.807, 2.05) is 12.3 Å². The number of hydrogen-bond donors (Lipinski definition) is 1. The van der Waals surface area contributed by atoms with Gasteiger partial charge in [-0.2, -0.15) is 0 Å². The van der Waals surface area contributed by atoms with Gasteiger partial charge in [0.25, 0.3) is 0 Å². The topological polar surface area (TPSA) is 66.7 Å². The Balaban J connectivity index is 1.72. The lowest BCUT2D eigenvalue weighted by Gasteiger charge is -2.50. The van der Waals surface area contributed by atoms with Crippen LogP contribution in [0.1, 0.15) is 26.7 Å². The first-order chi connectivity index (χ1) is 11.3. The number of carbonyl (C=O) groups excluding carboxylic acids is 2. The van der Waals surface area contributed by atoms with Crippen LogP contribution in [-0.2, 0) is 9.59 Å². The van der Waals surface area contributed by atoms with Crippen LogP contribution in [-0.4, -0.2) is 34.3 Å². The third-order valence-corrected chi connectivity index (χ3v) is 6.09. The maximum atomic E-state index is 12.5. The van der Waals surface area contributed by atoms with Gasteiger partial charge in [-0.3, -0.25) is 19.3 Å². The van der Waals surface area contributed by atoms with Gasteiger partial charge in [-0.15, -0.1) is 0 Å². The third-order valence-electron chi connectivity index (χ3n) is 5.63. The molecular formula is C17H19BrN4O2. The summed E-state index contributed by atoms with van der Waals surface area (Å²) in [5.74, 6) is 0.782. The standard InChI is InChI=1S/C17H19BrN4O2/c1-16(2)9-21(4-3-17(16)7-13(23)20-15(17)24)14-6-11(18)5-12-8-19-10-22(12)14/h5-6,8,10H,3-4,7,9H2,1-2H3,(H,20,23,24)/t17-/m1/s1. The predicted molar refractivity (Wildman–Crippen MR) is 93.7 cm³/mol. The smallest absolute Gasteiger partial charge is 0.233 e. The van der Waals surface area contributed by atoms with Gasteiger partial charge in [0.2, 0.25) is 11.8 Å². The molecule has 2 aromatic heterocycles. The molecule has 0 aromatic carbocycles. The molecule has 4 rings (SSSR count). The van der Waals surface area contributed by atoms with Crippen molar-refractivity contribution in [3.8, 4) is 0 Å². The van der Waals surface area contributed by atoms with Gasteiger partial charge in [0.05, 0.1) is 17.1 Å². The zero-order chi connectivity index (χ0) is 17.1. The number of halogens is 1. The molecule has 24 heavy (non-hydrogen) atoms. The van der Waals surface area contributed by atoms with Crippen LogP contribution in [0.4, 0.5) is 5.82 Å². The Bertz CT molecular complexity index is 859. The number of nitrogens with zero attached hydrogens (tertiary/aromatic N) is 3. The predicted octanol–water partition coefficient (Wildman–Crippen LogP) is 2.37. The number of rotatable bonds is 1. The largest absolute Gasteiger partial charge is 0.357 e. The Kier molecular flexibility index (Phi) is 3.29. The zero-order valence-corrected chi connectivity index (χ0v) is 15.3. The highest BCUT2D eigenvalue weighted by Crippen LogP contribution is 2.51. The van der Waals surface area contributed by atoms with E-state index >= 15 is 0 Å². The molecule has 2 amide bonds. The highest BCUT2D eigenvalue weighted by atomic mass is 79.9. The van der Waals surface area contributed by atoms with E-state index in [1.165, 1.54) is 0 Å². The van der Waals surface area contributed by atoms with Crippen LogP contribution in [0.5, 0.6) is 0 Å². The van der Waals surface area contributed by atoms with E-state index in [9.17, 15) is 9.59 Å². The maximum Gasteiger partial charge on any atom is 0.233 e. The average molecular weight is 391 g/mol. The van der Waals surface area contributed by atoms with Crippen molar-refractivity contribution < 1.29 is 9.59 Å². The van der Waals surface area contributed by atoms with Crippen LogP contribution >= 0.6 is 15.9 Å². The fourth-order valence-corrected chi connectivity index (χ4v) is 4.62. The van der Waals surface area contributed by atoms with E-state index < -0.39 is 5.41 Å². The van der Waals surface area contributed by atoms with E-state index in [0.717, 1.165) is 22.4 Å². The highest BCUT2D eigenvalue weighted by molar-refractivity contribution is 9.10. The second-order valence-electron chi connectivity index (χ2n) is 7.41. The minimum Gasteiger partial charge on any atom is -0.357 e. The third kappa shape index (κ3) is 2.10. The number of imidazole rings is 1. The molecule has 1 N–H and O–H groups in total. The van der Waals surface area contributed by atoms with Crippen molar-refractivity contribution in [3.05, 3.63) is 29.1 Å². The molecule has 1 atom stereocenters. The minimum atomic E-state index is -0.597. The highest BCUT2D eigenvalue weighted by Gasteiger charge is 2.58. The van der Waals surface area contributed by atoms with Gasteiger partial charge in [0.15, 0.2) is 0 Å². The fraction of sp³-hybridized carbons (Fsp3) is 0.471. The van der Waals surface area contributed by atoms with Crippen molar-refractivity contribution in [3.63, 3.8) is 0 Å². The number of aromatic nitrogens is 2. The molecule has 6 nitrogen and oxygen atoms in total. The van der Waals surface area contributed by atoms with E-state index in [0.29, 0.717) is 19.4 Å². The van der Waals surface area contributed by atoms with Crippen molar-refractivity contribution in [2.75, 3.05) is 18.0 Å². The fourth-order valence-electron chi connectivity index (χ4n) is 4.18. The summed E-state index contributed by atoms with van der Waals surface area (Å²) in [5.41, 5.74) is 0.114. The van der Waals surface area contributed by atoms with E-state index in [4.69, 9.17) is 0 Å². The molecule has 0 bridgehead atoms. The summed E-state index contributed by atoms with van der Waals surface area (Å²) in [4.78, 5) is 30.8. The summed E-state index contributed by atoms with van der Waals surface area (Å²) < 4.78 is 3.05. The van der Waals surface area contributed by atoms with Crippen LogP contribution in [0.15, 0.2) is 29.1 Å². The Morgan fingerprint density at radius 1 is 1.29 bits per heavy atom. The quantitative estimate of drug-likeness (QED) is 0.759. The van der Waals surface area contributed by atoms with Gasteiger partial charge in [-0.25, -0.2) is 4.98 Å². The first kappa shape index (κ1) is 15.6. The number of pyridine rings is 1. The molecule has 1 spiro atoms. The first-order valence-electron chi connectivity index (χ1n) is 8.03. The Hall–Kier alpha value is -1.89. The Morgan fingerprint density at radius 2 is 2.08 bits per heavy atom. The van der Waals surface area contributed by atoms with Crippen LogP contribution in [0.3, 0.4) is 0 Å². The lowest BCUT2D eigenvalue weighted by molar-refractivity contribution is -0.135. The number of fused-ring (bicyclic) bond motifs is 1. The Morgan fingerprint density at radius 3 is 2.75 bits per heavy atom. The van der Waals surface area contributed by atoms with Crippen LogP contribution < -0.4 is 10.2 Å². The van der Waals surface area contributed by atoms with Crippen LogP contribution in [0, 0.1) is 10.8 Å². The SMILES string of the molecule is CC1(C)CN(c2cc(Br)cc3cncn23)CC[C@]12CC(=O)NC2=O. The maximum absolute atomic E-state index is 12.5. The summed E-state index contributed by atoms with van der Waals surface area (Å²) in [7, 11) is 0. The summed E-state index contributed by atoms with van der Waals surface area (Å²) >= 11 is 3.56. The van der Waals surface area contributed by atoms with Gasteiger partial charge in [0.1, 0.15) is 12.1 Å². The molecule has 2 aromatic rings. The number of anilines is 1. The number of carbonyl (C=O) groups is 2. The van der Waals surface area contributed by atoms with Crippen molar-refractivity contribution >= 4 is 39.1 Å². The number of nitrogens with one attached hydrogen (secondary N) is 1. The van der Waals surface area contributed by atoms with Gasteiger partial charge in [0, 0.05) is 24.0 Å². The summed E-state index contributed by atoms with van der Waals surface area (Å²) in [6.07, 6.45) is 4.60. The molecular weight excluding hydrogens is 372 g/mol. The van der Waals surface area contributed by atoms with Crippen molar-refractivity contribution in [2.45, 2.75) is 26.7 Å². The molecule has 7 heteroatoms.